The van der Waals surface area contributed by atoms with E-state index in [0.717, 1.165) is 25.1 Å². The van der Waals surface area contributed by atoms with E-state index in [1.165, 1.54) is 25.7 Å². The molecular formula is C18H27N3. The molecule has 1 aromatic carbocycles. The Morgan fingerprint density at radius 1 is 1.29 bits per heavy atom. The van der Waals surface area contributed by atoms with Gasteiger partial charge in [-0.15, -0.1) is 0 Å². The molecule has 0 bridgehead atoms. The fraction of sp³-hybridized carbons (Fsp3) is 0.611. The van der Waals surface area contributed by atoms with E-state index in [9.17, 15) is 5.26 Å². The van der Waals surface area contributed by atoms with Crippen LogP contribution < -0.4 is 5.32 Å². The normalized spacial score (nSPS) is 18.6. The minimum Gasteiger partial charge on any atom is -0.303 e. The van der Waals surface area contributed by atoms with Crippen molar-refractivity contribution in [2.45, 2.75) is 50.6 Å². The average molecular weight is 285 g/mol. The maximum Gasteiger partial charge on any atom is 0.133 e. The summed E-state index contributed by atoms with van der Waals surface area (Å²) in [6.45, 7) is 3.82. The number of nitrogens with zero attached hydrogens (tertiary/aromatic N) is 2. The van der Waals surface area contributed by atoms with E-state index in [0.29, 0.717) is 6.04 Å². The molecule has 2 rings (SSSR count). The Kier molecular flexibility index (Phi) is 5.78. The van der Waals surface area contributed by atoms with Crippen molar-refractivity contribution in [3.05, 3.63) is 35.9 Å². The molecule has 114 valence electrons. The Balaban J connectivity index is 2.08. The van der Waals surface area contributed by atoms with E-state index in [4.69, 9.17) is 0 Å². The molecule has 1 aliphatic rings. The van der Waals surface area contributed by atoms with Gasteiger partial charge >= 0.3 is 0 Å². The van der Waals surface area contributed by atoms with Crippen LogP contribution in [0.1, 0.15) is 44.6 Å². The van der Waals surface area contributed by atoms with Gasteiger partial charge in [0.1, 0.15) is 5.54 Å². The second-order valence-electron chi connectivity index (χ2n) is 6.08. The van der Waals surface area contributed by atoms with Crippen molar-refractivity contribution in [3.63, 3.8) is 0 Å². The molecule has 0 heterocycles. The lowest BCUT2D eigenvalue weighted by atomic mass is 9.87. The highest BCUT2D eigenvalue weighted by atomic mass is 15.1. The molecule has 0 aromatic heterocycles. The maximum atomic E-state index is 9.81. The lowest BCUT2D eigenvalue weighted by molar-refractivity contribution is 0.219. The minimum absolute atomic E-state index is 0.567. The molecule has 0 spiro atoms. The Labute approximate surface area is 129 Å². The summed E-state index contributed by atoms with van der Waals surface area (Å²) in [6, 6.07) is 13.4. The number of nitrogens with one attached hydrogen (secondary N) is 1. The van der Waals surface area contributed by atoms with Crippen molar-refractivity contribution in [3.8, 4) is 6.07 Å². The quantitative estimate of drug-likeness (QED) is 0.835. The molecule has 0 amide bonds. The first-order chi connectivity index (χ1) is 10.2. The first-order valence-corrected chi connectivity index (χ1v) is 8.14. The highest BCUT2D eigenvalue weighted by Gasteiger charge is 2.32. The molecule has 21 heavy (non-hydrogen) atoms. The average Bonchev–Trinajstić information content (AvgIpc) is 3.06. The summed E-state index contributed by atoms with van der Waals surface area (Å²) in [6.07, 6.45) is 6.15. The van der Waals surface area contributed by atoms with Crippen molar-refractivity contribution in [1.29, 1.82) is 5.26 Å². The summed E-state index contributed by atoms with van der Waals surface area (Å²) in [7, 11) is 2.20. The van der Waals surface area contributed by atoms with E-state index in [1.807, 2.05) is 18.2 Å². The molecular weight excluding hydrogens is 258 g/mol. The summed E-state index contributed by atoms with van der Waals surface area (Å²) >= 11 is 0. The van der Waals surface area contributed by atoms with Crippen LogP contribution in [0.3, 0.4) is 0 Å². The van der Waals surface area contributed by atoms with Crippen LogP contribution in [0.2, 0.25) is 0 Å². The largest absolute Gasteiger partial charge is 0.303 e. The number of hydrogen-bond donors (Lipinski definition) is 1. The molecule has 3 nitrogen and oxygen atoms in total. The van der Waals surface area contributed by atoms with Gasteiger partial charge in [-0.05, 0) is 38.4 Å². The van der Waals surface area contributed by atoms with Gasteiger partial charge in [-0.1, -0.05) is 50.1 Å². The zero-order chi connectivity index (χ0) is 15.1. The Morgan fingerprint density at radius 2 is 1.95 bits per heavy atom. The summed E-state index contributed by atoms with van der Waals surface area (Å²) in [5.74, 6) is 0. The Morgan fingerprint density at radius 3 is 2.52 bits per heavy atom. The Bertz CT molecular complexity index is 459. The maximum absolute atomic E-state index is 9.81. The smallest absolute Gasteiger partial charge is 0.133 e. The number of rotatable bonds is 7. The molecule has 1 saturated carbocycles. The van der Waals surface area contributed by atoms with Crippen LogP contribution in [0.4, 0.5) is 0 Å². The molecule has 1 atom stereocenters. The molecule has 0 aliphatic heterocycles. The molecule has 1 N–H and O–H groups in total. The van der Waals surface area contributed by atoms with Gasteiger partial charge in [0, 0.05) is 12.6 Å². The molecule has 0 saturated heterocycles. The van der Waals surface area contributed by atoms with Crippen molar-refractivity contribution in [2.75, 3.05) is 20.1 Å². The summed E-state index contributed by atoms with van der Waals surface area (Å²) in [5, 5.41) is 13.2. The van der Waals surface area contributed by atoms with Gasteiger partial charge in [-0.25, -0.2) is 0 Å². The second-order valence-corrected chi connectivity index (χ2v) is 6.08. The topological polar surface area (TPSA) is 39.1 Å². The standard InChI is InChI=1S/C18H27N3/c1-3-20-18(15-19,16-9-5-4-6-10-16)13-14-21(2)17-11-7-8-12-17/h4-6,9-10,17,20H,3,7-8,11-14H2,1-2H3. The predicted molar refractivity (Wildman–Crippen MR) is 86.9 cm³/mol. The van der Waals surface area contributed by atoms with Crippen molar-refractivity contribution in [1.82, 2.24) is 10.2 Å². The zero-order valence-corrected chi connectivity index (χ0v) is 13.3. The molecule has 1 unspecified atom stereocenters. The number of nitriles is 1. The predicted octanol–water partition coefficient (Wildman–Crippen LogP) is 3.28. The SMILES string of the molecule is CCNC(C#N)(CCN(C)C1CCCC1)c1ccccc1. The van der Waals surface area contributed by atoms with E-state index < -0.39 is 5.54 Å². The van der Waals surface area contributed by atoms with Gasteiger partial charge in [-0.3, -0.25) is 5.32 Å². The highest BCUT2D eigenvalue weighted by molar-refractivity contribution is 5.31. The van der Waals surface area contributed by atoms with Crippen LogP contribution in [0.25, 0.3) is 0 Å². The number of benzene rings is 1. The van der Waals surface area contributed by atoms with Crippen LogP contribution in [0.15, 0.2) is 30.3 Å². The molecule has 3 heteroatoms. The molecule has 0 radical (unpaired) electrons. The number of hydrogen-bond acceptors (Lipinski definition) is 3. The van der Waals surface area contributed by atoms with Crippen molar-refractivity contribution >= 4 is 0 Å². The summed E-state index contributed by atoms with van der Waals surface area (Å²) < 4.78 is 0. The first-order valence-electron chi connectivity index (χ1n) is 8.14. The zero-order valence-electron chi connectivity index (χ0n) is 13.3. The van der Waals surface area contributed by atoms with Crippen LogP contribution >= 0.6 is 0 Å². The fourth-order valence-electron chi connectivity index (χ4n) is 3.39. The molecule has 1 fully saturated rings. The minimum atomic E-state index is -0.567. The highest BCUT2D eigenvalue weighted by Crippen LogP contribution is 2.27. The van der Waals surface area contributed by atoms with Gasteiger partial charge in [0.25, 0.3) is 0 Å². The third-order valence-corrected chi connectivity index (χ3v) is 4.72. The van der Waals surface area contributed by atoms with Crippen molar-refractivity contribution < 1.29 is 0 Å². The third-order valence-electron chi connectivity index (χ3n) is 4.72. The van der Waals surface area contributed by atoms with Gasteiger partial charge in [0.2, 0.25) is 0 Å². The third kappa shape index (κ3) is 3.84. The van der Waals surface area contributed by atoms with Gasteiger partial charge < -0.3 is 4.90 Å². The van der Waals surface area contributed by atoms with Crippen LogP contribution in [0, 0.1) is 11.3 Å². The van der Waals surface area contributed by atoms with Gasteiger partial charge in [-0.2, -0.15) is 5.26 Å². The van der Waals surface area contributed by atoms with Crippen LogP contribution in [-0.2, 0) is 5.54 Å². The fourth-order valence-corrected chi connectivity index (χ4v) is 3.39. The van der Waals surface area contributed by atoms with Crippen LogP contribution in [0.5, 0.6) is 0 Å². The second kappa shape index (κ2) is 7.59. The Hall–Kier alpha value is -1.37. The monoisotopic (exact) mass is 285 g/mol. The summed E-state index contributed by atoms with van der Waals surface area (Å²) in [4.78, 5) is 2.44. The van der Waals surface area contributed by atoms with Gasteiger partial charge in [0.15, 0.2) is 0 Å². The van der Waals surface area contributed by atoms with E-state index >= 15 is 0 Å². The molecule has 1 aromatic rings. The van der Waals surface area contributed by atoms with Crippen molar-refractivity contribution in [2.24, 2.45) is 0 Å². The summed E-state index contributed by atoms with van der Waals surface area (Å²) in [5.41, 5.74) is 0.511. The molecule has 1 aliphatic carbocycles. The first kappa shape index (κ1) is 16.0. The van der Waals surface area contributed by atoms with E-state index in [1.54, 1.807) is 0 Å². The van der Waals surface area contributed by atoms with Gasteiger partial charge in [0.05, 0.1) is 6.07 Å². The lowest BCUT2D eigenvalue weighted by Crippen LogP contribution is -2.44. The van der Waals surface area contributed by atoms with E-state index in [2.05, 4.69) is 42.4 Å². The van der Waals surface area contributed by atoms with Crippen LogP contribution in [-0.4, -0.2) is 31.1 Å². The van der Waals surface area contributed by atoms with E-state index in [-0.39, 0.29) is 0 Å². The lowest BCUT2D eigenvalue weighted by Gasteiger charge is -2.32.